The van der Waals surface area contributed by atoms with Crippen molar-refractivity contribution < 1.29 is 9.53 Å². The van der Waals surface area contributed by atoms with Gasteiger partial charge in [0.05, 0.1) is 12.2 Å². The average molecular weight is 455 g/mol. The molecule has 3 heterocycles. The molecule has 170 valence electrons. The van der Waals surface area contributed by atoms with Crippen molar-refractivity contribution in [1.29, 1.82) is 0 Å². The fourth-order valence-corrected chi connectivity index (χ4v) is 4.79. The Hall–Kier alpha value is -2.60. The van der Waals surface area contributed by atoms with Gasteiger partial charge in [-0.25, -0.2) is 14.8 Å². The van der Waals surface area contributed by atoms with E-state index < -0.39 is 0 Å². The van der Waals surface area contributed by atoms with E-state index in [-0.39, 0.29) is 5.97 Å². The number of piperidine rings is 1. The molecule has 4 rings (SSSR count). The van der Waals surface area contributed by atoms with Crippen LogP contribution in [0.5, 0.6) is 0 Å². The molecule has 0 amide bonds. The highest BCUT2D eigenvalue weighted by atomic mass is 35.5. The molecule has 0 atom stereocenters. The summed E-state index contributed by atoms with van der Waals surface area (Å²) in [5.74, 6) is 1.09. The summed E-state index contributed by atoms with van der Waals surface area (Å²) in [7, 11) is 2.10. The van der Waals surface area contributed by atoms with E-state index in [1.807, 2.05) is 6.07 Å². The Balaban J connectivity index is 1.21. The number of nitrogens with zero attached hydrogens (tertiary/aromatic N) is 4. The molecular weight excluding hydrogens is 424 g/mol. The van der Waals surface area contributed by atoms with Crippen LogP contribution in [0, 0.1) is 5.92 Å². The molecule has 1 saturated heterocycles. The van der Waals surface area contributed by atoms with E-state index in [9.17, 15) is 4.79 Å². The van der Waals surface area contributed by atoms with Gasteiger partial charge >= 0.3 is 5.97 Å². The lowest BCUT2D eigenvalue weighted by Gasteiger charge is -2.32. The molecule has 0 saturated carbocycles. The van der Waals surface area contributed by atoms with Crippen LogP contribution >= 0.6 is 11.6 Å². The highest BCUT2D eigenvalue weighted by molar-refractivity contribution is 6.31. The van der Waals surface area contributed by atoms with E-state index in [1.165, 1.54) is 35.7 Å². The molecule has 0 unspecified atom stereocenters. The number of anilines is 1. The maximum atomic E-state index is 11.7. The van der Waals surface area contributed by atoms with Crippen LogP contribution in [0.15, 0.2) is 36.8 Å². The van der Waals surface area contributed by atoms with E-state index in [4.69, 9.17) is 16.3 Å². The zero-order valence-electron chi connectivity index (χ0n) is 18.9. The number of hydrogen-bond acceptors (Lipinski definition) is 5. The van der Waals surface area contributed by atoms with Gasteiger partial charge < -0.3 is 14.2 Å². The third-order valence-electron chi connectivity index (χ3n) is 6.39. The van der Waals surface area contributed by atoms with Crippen molar-refractivity contribution in [3.05, 3.63) is 52.9 Å². The lowest BCUT2D eigenvalue weighted by atomic mass is 9.91. The molecule has 0 N–H and O–H groups in total. The lowest BCUT2D eigenvalue weighted by Crippen LogP contribution is -2.34. The van der Waals surface area contributed by atoms with Gasteiger partial charge in [0, 0.05) is 54.7 Å². The van der Waals surface area contributed by atoms with E-state index in [2.05, 4.69) is 44.8 Å². The van der Waals surface area contributed by atoms with E-state index >= 15 is 0 Å². The van der Waals surface area contributed by atoms with Crippen molar-refractivity contribution in [3.63, 3.8) is 0 Å². The number of aryl methyl sites for hydroxylation is 2. The Labute approximate surface area is 194 Å². The number of carbonyl (C=O) groups is 1. The molecule has 1 aliphatic heterocycles. The van der Waals surface area contributed by atoms with Crippen molar-refractivity contribution in [2.45, 2.75) is 45.4 Å². The van der Waals surface area contributed by atoms with Crippen LogP contribution in [0.2, 0.25) is 5.02 Å². The van der Waals surface area contributed by atoms with Crippen LogP contribution < -0.4 is 4.90 Å². The van der Waals surface area contributed by atoms with Crippen LogP contribution in [0.25, 0.3) is 10.9 Å². The van der Waals surface area contributed by atoms with Gasteiger partial charge in [-0.2, -0.15) is 0 Å². The maximum absolute atomic E-state index is 11.7. The van der Waals surface area contributed by atoms with Crippen molar-refractivity contribution in [1.82, 2.24) is 14.5 Å². The Bertz CT molecular complexity index is 1060. The van der Waals surface area contributed by atoms with Gasteiger partial charge in [-0.3, -0.25) is 0 Å². The monoisotopic (exact) mass is 454 g/mol. The summed E-state index contributed by atoms with van der Waals surface area (Å²) < 4.78 is 7.18. The minimum atomic E-state index is -0.371. The van der Waals surface area contributed by atoms with Gasteiger partial charge in [-0.15, -0.1) is 0 Å². The van der Waals surface area contributed by atoms with Crippen molar-refractivity contribution in [2.75, 3.05) is 24.6 Å². The summed E-state index contributed by atoms with van der Waals surface area (Å²) in [6.45, 7) is 4.07. The molecule has 7 heteroatoms. The number of carbonyl (C=O) groups excluding carboxylic acids is 1. The van der Waals surface area contributed by atoms with Crippen molar-refractivity contribution in [3.8, 4) is 0 Å². The number of fused-ring (bicyclic) bond motifs is 1. The van der Waals surface area contributed by atoms with Gasteiger partial charge in [-0.05, 0) is 62.3 Å². The SMILES string of the molecule is CCOC(=O)c1cnc(N2CCC(CCCCc3cn(C)c4ccc(Cl)cc34)CC2)nc1. The topological polar surface area (TPSA) is 60.2 Å². The number of rotatable bonds is 8. The van der Waals surface area contributed by atoms with Crippen LogP contribution in [0.1, 0.15) is 54.9 Å². The van der Waals surface area contributed by atoms with Crippen LogP contribution in [-0.2, 0) is 18.2 Å². The largest absolute Gasteiger partial charge is 0.462 e. The van der Waals surface area contributed by atoms with Gasteiger partial charge in [-0.1, -0.05) is 24.4 Å². The highest BCUT2D eigenvalue weighted by Crippen LogP contribution is 2.28. The number of benzene rings is 1. The number of halogens is 1. The zero-order chi connectivity index (χ0) is 22.5. The molecule has 2 aromatic heterocycles. The Kier molecular flexibility index (Phi) is 7.30. The maximum Gasteiger partial charge on any atom is 0.341 e. The molecule has 3 aromatic rings. The van der Waals surface area contributed by atoms with Crippen molar-refractivity contribution >= 4 is 34.4 Å². The minimum Gasteiger partial charge on any atom is -0.462 e. The van der Waals surface area contributed by atoms with E-state index in [0.29, 0.717) is 18.1 Å². The van der Waals surface area contributed by atoms with E-state index in [1.54, 1.807) is 19.3 Å². The molecule has 0 radical (unpaired) electrons. The minimum absolute atomic E-state index is 0.352. The van der Waals surface area contributed by atoms with E-state index in [0.717, 1.165) is 43.3 Å². The molecule has 0 aliphatic carbocycles. The predicted octanol–water partition coefficient (Wildman–Crippen LogP) is 5.43. The molecule has 0 bridgehead atoms. The number of aromatic nitrogens is 3. The Morgan fingerprint density at radius 2 is 1.94 bits per heavy atom. The first-order chi connectivity index (χ1) is 15.5. The van der Waals surface area contributed by atoms with Gasteiger partial charge in [0.1, 0.15) is 0 Å². The molecule has 6 nitrogen and oxygen atoms in total. The Morgan fingerprint density at radius 1 is 1.19 bits per heavy atom. The van der Waals surface area contributed by atoms with Crippen LogP contribution in [-0.4, -0.2) is 40.2 Å². The number of hydrogen-bond donors (Lipinski definition) is 0. The highest BCUT2D eigenvalue weighted by Gasteiger charge is 2.21. The van der Waals surface area contributed by atoms with Crippen LogP contribution in [0.4, 0.5) is 5.95 Å². The second-order valence-electron chi connectivity index (χ2n) is 8.60. The third kappa shape index (κ3) is 5.23. The summed E-state index contributed by atoms with van der Waals surface area (Å²) >= 11 is 6.21. The summed E-state index contributed by atoms with van der Waals surface area (Å²) in [6.07, 6.45) is 12.5. The first kappa shape index (κ1) is 22.6. The van der Waals surface area contributed by atoms with Crippen molar-refractivity contribution in [2.24, 2.45) is 13.0 Å². The quantitative estimate of drug-likeness (QED) is 0.335. The average Bonchev–Trinajstić information content (AvgIpc) is 3.12. The van der Waals surface area contributed by atoms with Gasteiger partial charge in [0.15, 0.2) is 0 Å². The molecule has 0 spiro atoms. The molecule has 1 fully saturated rings. The number of esters is 1. The first-order valence-corrected chi connectivity index (χ1v) is 11.9. The summed E-state index contributed by atoms with van der Waals surface area (Å²) in [4.78, 5) is 22.7. The molecular formula is C25H31ClN4O2. The Morgan fingerprint density at radius 3 is 2.66 bits per heavy atom. The predicted molar refractivity (Wildman–Crippen MR) is 128 cm³/mol. The fraction of sp³-hybridized carbons (Fsp3) is 0.480. The summed E-state index contributed by atoms with van der Waals surface area (Å²) in [5.41, 5.74) is 3.04. The summed E-state index contributed by atoms with van der Waals surface area (Å²) in [6, 6.07) is 6.14. The normalized spacial score (nSPS) is 14.8. The number of unbranched alkanes of at least 4 members (excludes halogenated alkanes) is 1. The molecule has 32 heavy (non-hydrogen) atoms. The fourth-order valence-electron chi connectivity index (χ4n) is 4.62. The number of ether oxygens (including phenoxy) is 1. The second-order valence-corrected chi connectivity index (χ2v) is 9.03. The third-order valence-corrected chi connectivity index (χ3v) is 6.62. The first-order valence-electron chi connectivity index (χ1n) is 11.5. The van der Waals surface area contributed by atoms with Crippen LogP contribution in [0.3, 0.4) is 0 Å². The lowest BCUT2D eigenvalue weighted by molar-refractivity contribution is 0.0525. The zero-order valence-corrected chi connectivity index (χ0v) is 19.6. The van der Waals surface area contributed by atoms with Gasteiger partial charge in [0.2, 0.25) is 5.95 Å². The molecule has 1 aliphatic rings. The standard InChI is InChI=1S/C25H31ClN4O2/c1-3-32-24(31)20-15-27-25(28-16-20)30-12-10-18(11-13-30)6-4-5-7-19-17-29(2)23-9-8-21(26)14-22(19)23/h8-9,14-18H,3-7,10-13H2,1-2H3. The molecule has 1 aromatic carbocycles. The van der Waals surface area contributed by atoms with Gasteiger partial charge in [0.25, 0.3) is 0 Å². The smallest absolute Gasteiger partial charge is 0.341 e. The second kappa shape index (κ2) is 10.3. The summed E-state index contributed by atoms with van der Waals surface area (Å²) in [5, 5.41) is 2.08.